The Morgan fingerprint density at radius 2 is 1.95 bits per heavy atom. The van der Waals surface area contributed by atoms with Crippen molar-refractivity contribution in [3.63, 3.8) is 0 Å². The van der Waals surface area contributed by atoms with Crippen molar-refractivity contribution < 1.29 is 33.9 Å². The van der Waals surface area contributed by atoms with Crippen LogP contribution in [0.25, 0.3) is 0 Å². The second-order valence-electron chi connectivity index (χ2n) is 4.22. The third kappa shape index (κ3) is 4.51. The summed E-state index contributed by atoms with van der Waals surface area (Å²) in [6.07, 6.45) is -0.884. The highest BCUT2D eigenvalue weighted by atomic mass is 19.1. The molecule has 1 rings (SSSR count). The maximum atomic E-state index is 13.6. The van der Waals surface area contributed by atoms with Crippen LogP contribution < -0.4 is 5.32 Å². The van der Waals surface area contributed by atoms with Crippen molar-refractivity contribution in [3.05, 3.63) is 39.7 Å². The third-order valence-corrected chi connectivity index (χ3v) is 2.66. The number of nitrogens with one attached hydrogen (secondary N) is 1. The molecule has 22 heavy (non-hydrogen) atoms. The molecule has 0 bridgehead atoms. The van der Waals surface area contributed by atoms with Gasteiger partial charge in [0.1, 0.15) is 11.9 Å². The number of hydrogen-bond acceptors (Lipinski definition) is 5. The number of carboxylic acid groups (broad SMARTS) is 2. The number of hydrogen-bond donors (Lipinski definition) is 3. The molecule has 0 saturated heterocycles. The van der Waals surface area contributed by atoms with Gasteiger partial charge in [-0.1, -0.05) is 0 Å². The van der Waals surface area contributed by atoms with Gasteiger partial charge in [0, 0.05) is 12.5 Å². The zero-order chi connectivity index (χ0) is 16.9. The predicted octanol–water partition coefficient (Wildman–Crippen LogP) is 0.782. The van der Waals surface area contributed by atoms with E-state index in [9.17, 15) is 28.9 Å². The van der Waals surface area contributed by atoms with Crippen molar-refractivity contribution >= 4 is 23.5 Å². The van der Waals surface area contributed by atoms with Gasteiger partial charge < -0.3 is 15.5 Å². The molecule has 1 amide bonds. The number of nitro groups is 1. The Morgan fingerprint density at radius 3 is 2.41 bits per heavy atom. The number of aliphatic carboxylic acids is 2. The number of non-ortho nitro benzene ring substituents is 1. The number of halogens is 1. The van der Waals surface area contributed by atoms with Crippen molar-refractivity contribution in [3.8, 4) is 0 Å². The quantitative estimate of drug-likeness (QED) is 0.497. The van der Waals surface area contributed by atoms with Crippen LogP contribution in [0.15, 0.2) is 18.2 Å². The van der Waals surface area contributed by atoms with Gasteiger partial charge in [-0.05, 0) is 12.5 Å². The smallest absolute Gasteiger partial charge is 0.326 e. The number of benzene rings is 1. The number of nitrogens with zero attached hydrogens (tertiary/aromatic N) is 1. The maximum Gasteiger partial charge on any atom is 0.326 e. The Morgan fingerprint density at radius 1 is 1.32 bits per heavy atom. The minimum atomic E-state index is -1.52. The molecule has 1 atom stereocenters. The van der Waals surface area contributed by atoms with Gasteiger partial charge in [-0.3, -0.25) is 19.7 Å². The van der Waals surface area contributed by atoms with Crippen molar-refractivity contribution in [2.24, 2.45) is 0 Å². The van der Waals surface area contributed by atoms with E-state index in [1.54, 1.807) is 0 Å². The minimum Gasteiger partial charge on any atom is -0.481 e. The molecule has 0 unspecified atom stereocenters. The van der Waals surface area contributed by atoms with E-state index in [-0.39, 0.29) is 6.42 Å². The Hall–Kier alpha value is -3.04. The molecule has 118 valence electrons. The Labute approximate surface area is 122 Å². The van der Waals surface area contributed by atoms with E-state index in [4.69, 9.17) is 10.2 Å². The molecule has 0 heterocycles. The van der Waals surface area contributed by atoms with E-state index < -0.39 is 52.3 Å². The standard InChI is InChI=1S/C12H11FN2O7/c13-8-5-6(15(21)22)1-2-7(8)11(18)14-9(12(19)20)3-4-10(16)17/h1-2,5,9H,3-4H2,(H,14,18)(H,16,17)(H,19,20)/t9-/m0/s1. The zero-order valence-corrected chi connectivity index (χ0v) is 11.0. The van der Waals surface area contributed by atoms with Crippen LogP contribution in [0, 0.1) is 15.9 Å². The number of carboxylic acids is 2. The van der Waals surface area contributed by atoms with Crippen molar-refractivity contribution in [2.75, 3.05) is 0 Å². The normalized spacial score (nSPS) is 11.5. The largest absolute Gasteiger partial charge is 0.481 e. The summed E-state index contributed by atoms with van der Waals surface area (Å²) in [5, 5.41) is 29.8. The number of amides is 1. The predicted molar refractivity (Wildman–Crippen MR) is 68.8 cm³/mol. The lowest BCUT2D eigenvalue weighted by atomic mass is 10.1. The fourth-order valence-corrected chi connectivity index (χ4v) is 1.56. The molecular formula is C12H11FN2O7. The summed E-state index contributed by atoms with van der Waals surface area (Å²) in [6, 6.07) is 0.754. The molecule has 9 nitrogen and oxygen atoms in total. The van der Waals surface area contributed by atoms with Crippen molar-refractivity contribution in [2.45, 2.75) is 18.9 Å². The molecule has 1 aromatic rings. The van der Waals surface area contributed by atoms with E-state index in [1.165, 1.54) is 0 Å². The number of nitro benzene ring substituents is 1. The highest BCUT2D eigenvalue weighted by Crippen LogP contribution is 2.16. The molecule has 0 spiro atoms. The lowest BCUT2D eigenvalue weighted by molar-refractivity contribution is -0.385. The fourth-order valence-electron chi connectivity index (χ4n) is 1.56. The van der Waals surface area contributed by atoms with Gasteiger partial charge in [0.15, 0.2) is 0 Å². The summed E-state index contributed by atoms with van der Waals surface area (Å²) in [5.41, 5.74) is -1.14. The molecule has 0 aliphatic rings. The van der Waals surface area contributed by atoms with Crippen LogP contribution in [0.1, 0.15) is 23.2 Å². The monoisotopic (exact) mass is 314 g/mol. The van der Waals surface area contributed by atoms with E-state index in [1.807, 2.05) is 5.32 Å². The second-order valence-corrected chi connectivity index (χ2v) is 4.22. The first-order chi connectivity index (χ1) is 10.2. The Kier molecular flexibility index (Phi) is 5.50. The lowest BCUT2D eigenvalue weighted by Gasteiger charge is -2.13. The minimum absolute atomic E-state index is 0.384. The maximum absolute atomic E-state index is 13.6. The van der Waals surface area contributed by atoms with Crippen LogP contribution in [0.2, 0.25) is 0 Å². The van der Waals surface area contributed by atoms with E-state index in [0.717, 1.165) is 12.1 Å². The molecule has 3 N–H and O–H groups in total. The highest BCUT2D eigenvalue weighted by Gasteiger charge is 2.24. The zero-order valence-electron chi connectivity index (χ0n) is 11.0. The van der Waals surface area contributed by atoms with E-state index >= 15 is 0 Å². The molecule has 0 fully saturated rings. The van der Waals surface area contributed by atoms with Gasteiger partial charge in [0.25, 0.3) is 11.6 Å². The first kappa shape index (κ1) is 17.0. The molecule has 1 aromatic carbocycles. The van der Waals surface area contributed by atoms with Crippen LogP contribution >= 0.6 is 0 Å². The van der Waals surface area contributed by atoms with Gasteiger partial charge in [-0.25, -0.2) is 9.18 Å². The average Bonchev–Trinajstić information content (AvgIpc) is 2.42. The van der Waals surface area contributed by atoms with Crippen LogP contribution in [-0.2, 0) is 9.59 Å². The topological polar surface area (TPSA) is 147 Å². The van der Waals surface area contributed by atoms with Crippen LogP contribution in [0.5, 0.6) is 0 Å². The second kappa shape index (κ2) is 7.11. The van der Waals surface area contributed by atoms with Crippen molar-refractivity contribution in [1.29, 1.82) is 0 Å². The van der Waals surface area contributed by atoms with Crippen LogP contribution in [0.4, 0.5) is 10.1 Å². The Bertz CT molecular complexity index is 632. The van der Waals surface area contributed by atoms with Crippen molar-refractivity contribution in [1.82, 2.24) is 5.32 Å². The molecule has 0 aliphatic heterocycles. The van der Waals surface area contributed by atoms with Gasteiger partial charge in [-0.15, -0.1) is 0 Å². The van der Waals surface area contributed by atoms with Crippen LogP contribution in [-0.4, -0.2) is 39.0 Å². The van der Waals surface area contributed by atoms with E-state index in [2.05, 4.69) is 0 Å². The number of carbonyl (C=O) groups excluding carboxylic acids is 1. The number of rotatable bonds is 7. The summed E-state index contributed by atoms with van der Waals surface area (Å²) in [7, 11) is 0. The van der Waals surface area contributed by atoms with Gasteiger partial charge in [0.2, 0.25) is 0 Å². The van der Waals surface area contributed by atoms with Gasteiger partial charge >= 0.3 is 11.9 Å². The lowest BCUT2D eigenvalue weighted by Crippen LogP contribution is -2.41. The molecule has 0 radical (unpaired) electrons. The summed E-state index contributed by atoms with van der Waals surface area (Å²) in [6.45, 7) is 0. The highest BCUT2D eigenvalue weighted by molar-refractivity contribution is 5.97. The Balaban J connectivity index is 2.88. The molecule has 0 aromatic heterocycles. The van der Waals surface area contributed by atoms with Gasteiger partial charge in [0.05, 0.1) is 16.6 Å². The molecule has 0 aliphatic carbocycles. The third-order valence-electron chi connectivity index (χ3n) is 2.66. The summed E-state index contributed by atoms with van der Waals surface area (Å²) < 4.78 is 13.6. The molecule has 10 heteroatoms. The molecular weight excluding hydrogens is 303 g/mol. The average molecular weight is 314 g/mol. The first-order valence-electron chi connectivity index (χ1n) is 5.91. The number of carbonyl (C=O) groups is 3. The summed E-state index contributed by atoms with van der Waals surface area (Å²) >= 11 is 0. The summed E-state index contributed by atoms with van der Waals surface area (Å²) in [4.78, 5) is 42.7. The van der Waals surface area contributed by atoms with Gasteiger partial charge in [-0.2, -0.15) is 0 Å². The fraction of sp³-hybridized carbons (Fsp3) is 0.250. The summed E-state index contributed by atoms with van der Waals surface area (Å²) in [5.74, 6) is -5.02. The SMILES string of the molecule is O=C(O)CC[C@H](NC(=O)c1ccc([N+](=O)[O-])cc1F)C(=O)O. The van der Waals surface area contributed by atoms with E-state index in [0.29, 0.717) is 6.07 Å². The first-order valence-corrected chi connectivity index (χ1v) is 5.91. The van der Waals surface area contributed by atoms with Crippen LogP contribution in [0.3, 0.4) is 0 Å². The molecule has 0 saturated carbocycles.